The summed E-state index contributed by atoms with van der Waals surface area (Å²) in [6, 6.07) is 17.1. The molecule has 21 heavy (non-hydrogen) atoms. The third-order valence-electron chi connectivity index (χ3n) is 3.15. The van der Waals surface area contributed by atoms with E-state index in [1.54, 1.807) is 24.3 Å². The Balaban J connectivity index is 1.76. The highest BCUT2D eigenvalue weighted by Gasteiger charge is 2.12. The van der Waals surface area contributed by atoms with Gasteiger partial charge in [-0.1, -0.05) is 30.3 Å². The molecule has 5 heteroatoms. The molecule has 0 bridgehead atoms. The first-order valence-electron chi connectivity index (χ1n) is 6.87. The lowest BCUT2D eigenvalue weighted by molar-refractivity contribution is 0.576. The molecule has 0 saturated heterocycles. The molecule has 0 amide bonds. The van der Waals surface area contributed by atoms with Gasteiger partial charge in [-0.05, 0) is 71.7 Å². The normalized spacial score (nSPS) is 11.5. The molecule has 2 aromatic rings. The molecule has 2 aromatic carbocycles. The van der Waals surface area contributed by atoms with Crippen LogP contribution in [0.4, 0.5) is 0 Å². The van der Waals surface area contributed by atoms with Gasteiger partial charge in [-0.3, -0.25) is 0 Å². The molecule has 0 aliphatic heterocycles. The maximum atomic E-state index is 12.1. The van der Waals surface area contributed by atoms with Crippen LogP contribution in [-0.4, -0.2) is 15.0 Å². The average Bonchev–Trinajstić information content (AvgIpc) is 2.48. The maximum Gasteiger partial charge on any atom is 0.240 e. The lowest BCUT2D eigenvalue weighted by Crippen LogP contribution is -2.24. The summed E-state index contributed by atoms with van der Waals surface area (Å²) in [4.78, 5) is 0.325. The van der Waals surface area contributed by atoms with Crippen LogP contribution in [0.15, 0.2) is 59.5 Å². The molecule has 112 valence electrons. The van der Waals surface area contributed by atoms with E-state index in [0.29, 0.717) is 11.4 Å². The van der Waals surface area contributed by atoms with Gasteiger partial charge >= 0.3 is 0 Å². The van der Waals surface area contributed by atoms with E-state index in [4.69, 9.17) is 0 Å². The van der Waals surface area contributed by atoms with Gasteiger partial charge in [0, 0.05) is 10.1 Å². The van der Waals surface area contributed by atoms with Crippen LogP contribution in [0.1, 0.15) is 18.4 Å². The first-order chi connectivity index (χ1) is 10.1. The largest absolute Gasteiger partial charge is 0.240 e. The standard InChI is InChI=1S/C16H18INO2S/c17-15-9-11-16(12-10-15)21(19,20)18-13-5-4-8-14-6-2-1-3-7-14/h1-3,6-7,9-12,18H,4-5,8,13H2. The molecule has 0 fully saturated rings. The SMILES string of the molecule is O=S(=O)(NCCCCc1ccccc1)c1ccc(I)cc1. The molecular formula is C16H18INO2S. The van der Waals surface area contributed by atoms with Crippen LogP contribution in [0.5, 0.6) is 0 Å². The number of sulfonamides is 1. The number of rotatable bonds is 7. The first-order valence-corrected chi connectivity index (χ1v) is 9.43. The van der Waals surface area contributed by atoms with Crippen molar-refractivity contribution < 1.29 is 8.42 Å². The zero-order valence-electron chi connectivity index (χ0n) is 11.6. The summed E-state index contributed by atoms with van der Waals surface area (Å²) in [7, 11) is -3.38. The average molecular weight is 415 g/mol. The monoisotopic (exact) mass is 415 g/mol. The van der Waals surface area contributed by atoms with Crippen molar-refractivity contribution in [2.75, 3.05) is 6.54 Å². The summed E-state index contributed by atoms with van der Waals surface area (Å²) >= 11 is 2.15. The minimum atomic E-state index is -3.38. The highest BCUT2D eigenvalue weighted by atomic mass is 127. The quantitative estimate of drug-likeness (QED) is 0.555. The number of nitrogens with one attached hydrogen (secondary N) is 1. The smallest absolute Gasteiger partial charge is 0.211 e. The summed E-state index contributed by atoms with van der Waals surface area (Å²) in [5.74, 6) is 0. The fourth-order valence-electron chi connectivity index (χ4n) is 2.00. The van der Waals surface area contributed by atoms with E-state index in [2.05, 4.69) is 39.4 Å². The Bertz CT molecular complexity index is 654. The van der Waals surface area contributed by atoms with Crippen LogP contribution in [0.3, 0.4) is 0 Å². The summed E-state index contributed by atoms with van der Waals surface area (Å²) in [6.45, 7) is 0.473. The van der Waals surface area contributed by atoms with Crippen molar-refractivity contribution >= 4 is 32.6 Å². The Morgan fingerprint density at radius 2 is 1.57 bits per heavy atom. The van der Waals surface area contributed by atoms with Gasteiger partial charge in [-0.15, -0.1) is 0 Å². The van der Waals surface area contributed by atoms with E-state index in [-0.39, 0.29) is 0 Å². The van der Waals surface area contributed by atoms with Crippen LogP contribution in [0.25, 0.3) is 0 Å². The third kappa shape index (κ3) is 5.41. The summed E-state index contributed by atoms with van der Waals surface area (Å²) in [5, 5.41) is 0. The first kappa shape index (κ1) is 16.5. The van der Waals surface area contributed by atoms with E-state index in [1.165, 1.54) is 5.56 Å². The van der Waals surface area contributed by atoms with E-state index >= 15 is 0 Å². The summed E-state index contributed by atoms with van der Waals surface area (Å²) < 4.78 is 27.8. The van der Waals surface area contributed by atoms with Crippen LogP contribution in [-0.2, 0) is 16.4 Å². The molecule has 0 aliphatic carbocycles. The lowest BCUT2D eigenvalue weighted by atomic mass is 10.1. The topological polar surface area (TPSA) is 46.2 Å². The third-order valence-corrected chi connectivity index (χ3v) is 5.35. The molecular weight excluding hydrogens is 397 g/mol. The van der Waals surface area contributed by atoms with Gasteiger partial charge in [-0.2, -0.15) is 0 Å². The molecule has 3 nitrogen and oxygen atoms in total. The predicted molar refractivity (Wildman–Crippen MR) is 93.7 cm³/mol. The second-order valence-electron chi connectivity index (χ2n) is 4.79. The van der Waals surface area contributed by atoms with Crippen LogP contribution in [0, 0.1) is 3.57 Å². The summed E-state index contributed by atoms with van der Waals surface area (Å²) in [6.07, 6.45) is 2.78. The molecule has 0 heterocycles. The van der Waals surface area contributed by atoms with E-state index in [1.807, 2.05) is 18.2 Å². The number of benzene rings is 2. The molecule has 0 spiro atoms. The Kier molecular flexibility index (Phi) is 6.20. The van der Waals surface area contributed by atoms with Crippen molar-refractivity contribution in [3.8, 4) is 0 Å². The fourth-order valence-corrected chi connectivity index (χ4v) is 3.44. The summed E-state index contributed by atoms with van der Waals surface area (Å²) in [5.41, 5.74) is 1.29. The maximum absolute atomic E-state index is 12.1. The fraction of sp³-hybridized carbons (Fsp3) is 0.250. The molecule has 0 unspecified atom stereocenters. The van der Waals surface area contributed by atoms with Gasteiger partial charge in [0.25, 0.3) is 0 Å². The Labute approximate surface area is 140 Å². The Morgan fingerprint density at radius 1 is 0.905 bits per heavy atom. The van der Waals surface area contributed by atoms with E-state index in [0.717, 1.165) is 22.8 Å². The molecule has 0 saturated carbocycles. The number of halogens is 1. The highest BCUT2D eigenvalue weighted by Crippen LogP contribution is 2.12. The van der Waals surface area contributed by atoms with Gasteiger partial charge in [0.2, 0.25) is 10.0 Å². The number of hydrogen-bond donors (Lipinski definition) is 1. The van der Waals surface area contributed by atoms with Gasteiger partial charge in [0.1, 0.15) is 0 Å². The predicted octanol–water partition coefficient (Wildman–Crippen LogP) is 3.59. The second-order valence-corrected chi connectivity index (χ2v) is 7.81. The van der Waals surface area contributed by atoms with Gasteiger partial charge in [-0.25, -0.2) is 13.1 Å². The van der Waals surface area contributed by atoms with Gasteiger partial charge in [0.15, 0.2) is 0 Å². The highest BCUT2D eigenvalue weighted by molar-refractivity contribution is 14.1. The van der Waals surface area contributed by atoms with Gasteiger partial charge < -0.3 is 0 Å². The van der Waals surface area contributed by atoms with Crippen molar-refractivity contribution in [1.29, 1.82) is 0 Å². The molecule has 0 aromatic heterocycles. The van der Waals surface area contributed by atoms with Crippen molar-refractivity contribution in [3.05, 3.63) is 63.7 Å². The van der Waals surface area contributed by atoms with Crippen LogP contribution < -0.4 is 4.72 Å². The number of unbranched alkanes of at least 4 members (excludes halogenated alkanes) is 1. The minimum absolute atomic E-state index is 0.325. The van der Waals surface area contributed by atoms with Crippen molar-refractivity contribution in [2.24, 2.45) is 0 Å². The Hall–Kier alpha value is -0.920. The van der Waals surface area contributed by atoms with Crippen LogP contribution >= 0.6 is 22.6 Å². The zero-order chi connectivity index (χ0) is 15.1. The van der Waals surface area contributed by atoms with Gasteiger partial charge in [0.05, 0.1) is 4.90 Å². The van der Waals surface area contributed by atoms with Crippen molar-refractivity contribution in [1.82, 2.24) is 4.72 Å². The molecule has 0 atom stereocenters. The second kappa shape index (κ2) is 7.91. The number of aryl methyl sites for hydroxylation is 1. The van der Waals surface area contributed by atoms with Crippen molar-refractivity contribution in [3.63, 3.8) is 0 Å². The Morgan fingerprint density at radius 3 is 2.24 bits per heavy atom. The molecule has 0 radical (unpaired) electrons. The molecule has 0 aliphatic rings. The van der Waals surface area contributed by atoms with E-state index in [9.17, 15) is 8.42 Å². The lowest BCUT2D eigenvalue weighted by Gasteiger charge is -2.07. The van der Waals surface area contributed by atoms with Crippen LogP contribution in [0.2, 0.25) is 0 Å². The molecule has 2 rings (SSSR count). The van der Waals surface area contributed by atoms with Crippen molar-refractivity contribution in [2.45, 2.75) is 24.2 Å². The zero-order valence-corrected chi connectivity index (χ0v) is 14.6. The minimum Gasteiger partial charge on any atom is -0.211 e. The van der Waals surface area contributed by atoms with E-state index < -0.39 is 10.0 Å². The number of hydrogen-bond acceptors (Lipinski definition) is 2. The molecule has 1 N–H and O–H groups in total.